The van der Waals surface area contributed by atoms with Crippen LogP contribution in [-0.2, 0) is 0 Å². The van der Waals surface area contributed by atoms with Crippen LogP contribution in [0.2, 0.25) is 5.02 Å². The van der Waals surface area contributed by atoms with E-state index in [1.54, 1.807) is 7.11 Å². The highest BCUT2D eigenvalue weighted by molar-refractivity contribution is 6.31. The molecule has 4 heteroatoms. The SMILES string of the molecule is COc1ccc(-n2c(C)c(C#N)c3cc(Cl)ccc32)cc1. The van der Waals surface area contributed by atoms with Crippen molar-refractivity contribution in [2.75, 3.05) is 7.11 Å². The van der Waals surface area contributed by atoms with Crippen LogP contribution in [0.5, 0.6) is 5.75 Å². The number of hydrogen-bond donors (Lipinski definition) is 0. The second kappa shape index (κ2) is 5.16. The molecule has 21 heavy (non-hydrogen) atoms. The van der Waals surface area contributed by atoms with Crippen molar-refractivity contribution in [1.82, 2.24) is 4.57 Å². The summed E-state index contributed by atoms with van der Waals surface area (Å²) < 4.78 is 7.25. The maximum atomic E-state index is 9.42. The Bertz CT molecular complexity index is 857. The monoisotopic (exact) mass is 296 g/mol. The van der Waals surface area contributed by atoms with Crippen molar-refractivity contribution in [2.24, 2.45) is 0 Å². The Morgan fingerprint density at radius 2 is 1.86 bits per heavy atom. The van der Waals surface area contributed by atoms with Crippen LogP contribution in [0.15, 0.2) is 42.5 Å². The van der Waals surface area contributed by atoms with Crippen LogP contribution in [-0.4, -0.2) is 11.7 Å². The van der Waals surface area contributed by atoms with Crippen molar-refractivity contribution >= 4 is 22.5 Å². The molecule has 3 aromatic rings. The summed E-state index contributed by atoms with van der Waals surface area (Å²) in [5.74, 6) is 0.802. The fraction of sp³-hybridized carbons (Fsp3) is 0.118. The van der Waals surface area contributed by atoms with Crippen molar-refractivity contribution in [3.05, 3.63) is 58.7 Å². The molecule has 0 atom stereocenters. The van der Waals surface area contributed by atoms with Gasteiger partial charge in [0.2, 0.25) is 0 Å². The zero-order chi connectivity index (χ0) is 15.0. The maximum absolute atomic E-state index is 9.42. The lowest BCUT2D eigenvalue weighted by Gasteiger charge is -2.09. The van der Waals surface area contributed by atoms with Gasteiger partial charge in [-0.2, -0.15) is 5.26 Å². The number of rotatable bonds is 2. The molecule has 0 fully saturated rings. The molecule has 1 aromatic heterocycles. The van der Waals surface area contributed by atoms with Gasteiger partial charge in [-0.3, -0.25) is 0 Å². The molecule has 0 aliphatic heterocycles. The molecule has 0 saturated carbocycles. The molecule has 0 amide bonds. The highest BCUT2D eigenvalue weighted by Crippen LogP contribution is 2.31. The van der Waals surface area contributed by atoms with Gasteiger partial charge in [0, 0.05) is 21.8 Å². The van der Waals surface area contributed by atoms with Crippen LogP contribution in [0.3, 0.4) is 0 Å². The number of methoxy groups -OCH3 is 1. The Balaban J connectivity index is 2.31. The van der Waals surface area contributed by atoms with Crippen LogP contribution in [0.1, 0.15) is 11.3 Å². The third-order valence-electron chi connectivity index (χ3n) is 3.61. The first-order valence-corrected chi connectivity index (χ1v) is 6.88. The molecule has 0 N–H and O–H groups in total. The molecule has 1 heterocycles. The van der Waals surface area contributed by atoms with Gasteiger partial charge < -0.3 is 9.30 Å². The van der Waals surface area contributed by atoms with Gasteiger partial charge in [0.05, 0.1) is 18.2 Å². The third kappa shape index (κ3) is 2.14. The molecule has 0 saturated heterocycles. The number of fused-ring (bicyclic) bond motifs is 1. The zero-order valence-corrected chi connectivity index (χ0v) is 12.5. The second-order valence-corrected chi connectivity index (χ2v) is 5.20. The molecular formula is C17H13ClN2O. The minimum Gasteiger partial charge on any atom is -0.497 e. The van der Waals surface area contributed by atoms with Crippen molar-refractivity contribution in [3.63, 3.8) is 0 Å². The average Bonchev–Trinajstić information content (AvgIpc) is 2.78. The van der Waals surface area contributed by atoms with Gasteiger partial charge in [-0.05, 0) is 49.4 Å². The number of ether oxygens (including phenoxy) is 1. The molecule has 0 aliphatic carbocycles. The Kier molecular flexibility index (Phi) is 3.32. The first-order valence-electron chi connectivity index (χ1n) is 6.51. The van der Waals surface area contributed by atoms with Crippen LogP contribution < -0.4 is 4.74 Å². The molecule has 0 radical (unpaired) electrons. The van der Waals surface area contributed by atoms with Gasteiger partial charge in [-0.25, -0.2) is 0 Å². The van der Waals surface area contributed by atoms with E-state index in [-0.39, 0.29) is 0 Å². The van der Waals surface area contributed by atoms with Crippen LogP contribution in [0, 0.1) is 18.3 Å². The van der Waals surface area contributed by atoms with E-state index in [9.17, 15) is 5.26 Å². The molecule has 2 aromatic carbocycles. The highest BCUT2D eigenvalue weighted by atomic mass is 35.5. The van der Waals surface area contributed by atoms with Gasteiger partial charge in [0.15, 0.2) is 0 Å². The second-order valence-electron chi connectivity index (χ2n) is 4.77. The summed E-state index contributed by atoms with van der Waals surface area (Å²) in [7, 11) is 1.64. The van der Waals surface area contributed by atoms with E-state index in [0.29, 0.717) is 10.6 Å². The fourth-order valence-electron chi connectivity index (χ4n) is 2.60. The first-order chi connectivity index (χ1) is 10.2. The maximum Gasteiger partial charge on any atom is 0.119 e. The predicted octanol–water partition coefficient (Wildman–Crippen LogP) is 4.47. The minimum absolute atomic E-state index is 0.630. The fourth-order valence-corrected chi connectivity index (χ4v) is 2.77. The summed E-state index contributed by atoms with van der Waals surface area (Å²) >= 11 is 6.06. The van der Waals surface area contributed by atoms with E-state index < -0.39 is 0 Å². The van der Waals surface area contributed by atoms with Gasteiger partial charge in [-0.15, -0.1) is 0 Å². The summed E-state index contributed by atoms with van der Waals surface area (Å²) in [5.41, 5.74) is 3.52. The Labute approximate surface area is 127 Å². The standard InChI is InChI=1S/C17H13ClN2O/c1-11-16(10-19)15-9-12(18)3-8-17(15)20(11)13-4-6-14(21-2)7-5-13/h3-9H,1-2H3. The molecule has 104 valence electrons. The lowest BCUT2D eigenvalue weighted by atomic mass is 10.1. The third-order valence-corrected chi connectivity index (χ3v) is 3.84. The van der Waals surface area contributed by atoms with E-state index in [1.165, 1.54) is 0 Å². The number of benzene rings is 2. The first kappa shape index (κ1) is 13.5. The van der Waals surface area contributed by atoms with E-state index in [4.69, 9.17) is 16.3 Å². The van der Waals surface area contributed by atoms with E-state index in [1.807, 2.05) is 49.4 Å². The smallest absolute Gasteiger partial charge is 0.119 e. The van der Waals surface area contributed by atoms with Gasteiger partial charge in [0.25, 0.3) is 0 Å². The number of nitriles is 1. The molecular weight excluding hydrogens is 284 g/mol. The van der Waals surface area contributed by atoms with Crippen molar-refractivity contribution in [3.8, 4) is 17.5 Å². The summed E-state index contributed by atoms with van der Waals surface area (Å²) in [6.07, 6.45) is 0. The zero-order valence-electron chi connectivity index (χ0n) is 11.7. The minimum atomic E-state index is 0.630. The lowest BCUT2D eigenvalue weighted by molar-refractivity contribution is 0.415. The predicted molar refractivity (Wildman–Crippen MR) is 84.3 cm³/mol. The van der Waals surface area contributed by atoms with Crippen molar-refractivity contribution < 1.29 is 4.74 Å². The van der Waals surface area contributed by atoms with E-state index in [0.717, 1.165) is 28.0 Å². The molecule has 3 nitrogen and oxygen atoms in total. The number of halogens is 1. The number of aromatic nitrogens is 1. The topological polar surface area (TPSA) is 38.0 Å². The van der Waals surface area contributed by atoms with Gasteiger partial charge in [-0.1, -0.05) is 11.6 Å². The normalized spacial score (nSPS) is 10.6. The molecule has 3 rings (SSSR count). The summed E-state index contributed by atoms with van der Waals surface area (Å²) in [4.78, 5) is 0. The molecule has 0 unspecified atom stereocenters. The summed E-state index contributed by atoms with van der Waals surface area (Å²) in [5, 5.41) is 10.9. The van der Waals surface area contributed by atoms with Crippen molar-refractivity contribution in [1.29, 1.82) is 5.26 Å². The number of nitrogens with zero attached hydrogens (tertiary/aromatic N) is 2. The van der Waals surface area contributed by atoms with Gasteiger partial charge in [0.1, 0.15) is 11.8 Å². The average molecular weight is 297 g/mol. The van der Waals surface area contributed by atoms with Crippen LogP contribution >= 0.6 is 11.6 Å². The molecule has 0 spiro atoms. The Morgan fingerprint density at radius 3 is 2.48 bits per heavy atom. The van der Waals surface area contributed by atoms with E-state index in [2.05, 4.69) is 10.6 Å². The van der Waals surface area contributed by atoms with Gasteiger partial charge >= 0.3 is 0 Å². The Morgan fingerprint density at radius 1 is 1.14 bits per heavy atom. The summed E-state index contributed by atoms with van der Waals surface area (Å²) in [6.45, 7) is 1.94. The van der Waals surface area contributed by atoms with Crippen LogP contribution in [0.25, 0.3) is 16.6 Å². The molecule has 0 aliphatic rings. The molecule has 0 bridgehead atoms. The van der Waals surface area contributed by atoms with Crippen molar-refractivity contribution in [2.45, 2.75) is 6.92 Å². The lowest BCUT2D eigenvalue weighted by Crippen LogP contribution is -1.96. The summed E-state index contributed by atoms with van der Waals surface area (Å²) in [6, 6.07) is 15.6. The Hall–Kier alpha value is -2.44. The number of hydrogen-bond acceptors (Lipinski definition) is 2. The quantitative estimate of drug-likeness (QED) is 0.699. The van der Waals surface area contributed by atoms with E-state index >= 15 is 0 Å². The van der Waals surface area contributed by atoms with Crippen LogP contribution in [0.4, 0.5) is 0 Å². The highest BCUT2D eigenvalue weighted by Gasteiger charge is 2.15. The largest absolute Gasteiger partial charge is 0.497 e.